The minimum absolute atomic E-state index is 0.125. The van der Waals surface area contributed by atoms with Crippen LogP contribution < -0.4 is 0 Å². The van der Waals surface area contributed by atoms with Crippen LogP contribution in [0.4, 0.5) is 0 Å². The quantitative estimate of drug-likeness (QED) is 0.479. The first-order chi connectivity index (χ1) is 10.6. The Morgan fingerprint density at radius 2 is 1.64 bits per heavy atom. The summed E-state index contributed by atoms with van der Waals surface area (Å²) in [6, 6.07) is 8.98. The number of carboxylic acid groups (broad SMARTS) is 1. The first-order valence-corrected chi connectivity index (χ1v) is 8.23. The van der Waals surface area contributed by atoms with Crippen LogP contribution in [-0.4, -0.2) is 16.2 Å². The van der Waals surface area contributed by atoms with E-state index in [2.05, 4.69) is 6.92 Å². The summed E-state index contributed by atoms with van der Waals surface area (Å²) < 4.78 is 0. The largest absolute Gasteiger partial charge is 0.478 e. The Kier molecular flexibility index (Phi) is 8.53. The molecule has 0 saturated carbocycles. The number of hydrogen-bond acceptors (Lipinski definition) is 2. The fourth-order valence-corrected chi connectivity index (χ4v) is 2.64. The van der Waals surface area contributed by atoms with Crippen LogP contribution in [0.25, 0.3) is 0 Å². The zero-order valence-electron chi connectivity index (χ0n) is 13.7. The lowest BCUT2D eigenvalue weighted by Gasteiger charge is -2.15. The number of carboxylic acids is 1. The maximum Gasteiger partial charge on any atom is 0.334 e. The summed E-state index contributed by atoms with van der Waals surface area (Å²) in [5.41, 5.74) is 1.53. The highest BCUT2D eigenvalue weighted by molar-refractivity contribution is 5.88. The molecular formula is C19H28O3. The standard InChI is InChI=1S/C19H28O3/c1-3-4-5-6-7-9-12-15(2)17(19(21)22)18(20)16-13-10-8-11-14-16/h8,10-11,13-14,18,20H,3-7,9,12H2,1-2H3,(H,21,22). The fraction of sp³-hybridized carbons (Fsp3) is 0.526. The van der Waals surface area contributed by atoms with Gasteiger partial charge >= 0.3 is 5.97 Å². The number of aliphatic hydroxyl groups is 1. The van der Waals surface area contributed by atoms with Gasteiger partial charge in [0.15, 0.2) is 0 Å². The average Bonchev–Trinajstić information content (AvgIpc) is 2.51. The van der Waals surface area contributed by atoms with E-state index in [9.17, 15) is 15.0 Å². The van der Waals surface area contributed by atoms with Crippen LogP contribution in [0.3, 0.4) is 0 Å². The predicted octanol–water partition coefficient (Wildman–Crippen LogP) is 4.87. The molecule has 0 aliphatic rings. The molecule has 1 aromatic rings. The Bertz CT molecular complexity index is 477. The lowest BCUT2D eigenvalue weighted by molar-refractivity contribution is -0.133. The fourth-order valence-electron chi connectivity index (χ4n) is 2.64. The summed E-state index contributed by atoms with van der Waals surface area (Å²) in [6.45, 7) is 4.01. The van der Waals surface area contributed by atoms with Crippen LogP contribution in [0, 0.1) is 0 Å². The Balaban J connectivity index is 2.65. The number of hydrogen-bond donors (Lipinski definition) is 2. The van der Waals surface area contributed by atoms with E-state index in [1.807, 2.05) is 13.0 Å². The molecular weight excluding hydrogens is 276 g/mol. The number of benzene rings is 1. The van der Waals surface area contributed by atoms with Gasteiger partial charge in [-0.3, -0.25) is 0 Å². The summed E-state index contributed by atoms with van der Waals surface area (Å²) in [4.78, 5) is 11.5. The summed E-state index contributed by atoms with van der Waals surface area (Å²) in [7, 11) is 0. The van der Waals surface area contributed by atoms with Crippen molar-refractivity contribution in [3.05, 3.63) is 47.0 Å². The smallest absolute Gasteiger partial charge is 0.334 e. The van der Waals surface area contributed by atoms with E-state index in [1.54, 1.807) is 24.3 Å². The summed E-state index contributed by atoms with van der Waals surface area (Å²) in [5.74, 6) is -1.03. The minimum atomic E-state index is -1.06. The van der Waals surface area contributed by atoms with Crippen molar-refractivity contribution in [2.24, 2.45) is 0 Å². The van der Waals surface area contributed by atoms with E-state index in [1.165, 1.54) is 25.7 Å². The highest BCUT2D eigenvalue weighted by atomic mass is 16.4. The van der Waals surface area contributed by atoms with Crippen molar-refractivity contribution in [1.29, 1.82) is 0 Å². The lowest BCUT2D eigenvalue weighted by Crippen LogP contribution is -2.13. The SMILES string of the molecule is CCCCCCCCC(C)=C(C(=O)O)C(O)c1ccccc1. The van der Waals surface area contributed by atoms with Gasteiger partial charge in [0.2, 0.25) is 0 Å². The summed E-state index contributed by atoms with van der Waals surface area (Å²) in [6.07, 6.45) is 6.71. The Labute approximate surface area is 133 Å². The molecule has 1 unspecified atom stereocenters. The van der Waals surface area contributed by atoms with Crippen LogP contribution in [0.15, 0.2) is 41.5 Å². The van der Waals surface area contributed by atoms with E-state index in [4.69, 9.17) is 0 Å². The first-order valence-electron chi connectivity index (χ1n) is 8.23. The van der Waals surface area contributed by atoms with Gasteiger partial charge in [-0.05, 0) is 25.3 Å². The molecule has 0 amide bonds. The van der Waals surface area contributed by atoms with Crippen LogP contribution in [-0.2, 0) is 4.79 Å². The van der Waals surface area contributed by atoms with Gasteiger partial charge in [-0.25, -0.2) is 4.79 Å². The molecule has 0 heterocycles. The molecule has 22 heavy (non-hydrogen) atoms. The van der Waals surface area contributed by atoms with Crippen molar-refractivity contribution < 1.29 is 15.0 Å². The van der Waals surface area contributed by atoms with Gasteiger partial charge < -0.3 is 10.2 Å². The maximum absolute atomic E-state index is 11.5. The molecule has 1 atom stereocenters. The monoisotopic (exact) mass is 304 g/mol. The second-order valence-electron chi connectivity index (χ2n) is 5.83. The third-order valence-electron chi connectivity index (χ3n) is 3.98. The lowest BCUT2D eigenvalue weighted by atomic mass is 9.94. The van der Waals surface area contributed by atoms with E-state index < -0.39 is 12.1 Å². The highest BCUT2D eigenvalue weighted by Gasteiger charge is 2.22. The third-order valence-corrected chi connectivity index (χ3v) is 3.98. The van der Waals surface area contributed by atoms with E-state index in [0.717, 1.165) is 24.8 Å². The molecule has 3 heteroatoms. The van der Waals surface area contributed by atoms with Crippen LogP contribution in [0.2, 0.25) is 0 Å². The molecule has 0 spiro atoms. The number of aliphatic carboxylic acids is 1. The van der Waals surface area contributed by atoms with Crippen LogP contribution in [0.5, 0.6) is 0 Å². The number of rotatable bonds is 10. The molecule has 1 rings (SSSR count). The molecule has 0 aliphatic heterocycles. The summed E-state index contributed by atoms with van der Waals surface area (Å²) >= 11 is 0. The molecule has 0 saturated heterocycles. The summed E-state index contributed by atoms with van der Waals surface area (Å²) in [5, 5.41) is 19.8. The normalized spacial score (nSPS) is 13.6. The van der Waals surface area contributed by atoms with E-state index >= 15 is 0 Å². The van der Waals surface area contributed by atoms with Crippen molar-refractivity contribution in [3.8, 4) is 0 Å². The molecule has 0 aromatic heterocycles. The number of aliphatic hydroxyl groups excluding tert-OH is 1. The molecule has 0 bridgehead atoms. The predicted molar refractivity (Wildman–Crippen MR) is 89.7 cm³/mol. The molecule has 0 aliphatic carbocycles. The van der Waals surface area contributed by atoms with Gasteiger partial charge in [0.25, 0.3) is 0 Å². The minimum Gasteiger partial charge on any atom is -0.478 e. The van der Waals surface area contributed by atoms with Gasteiger partial charge in [0.1, 0.15) is 6.10 Å². The number of carbonyl (C=O) groups is 1. The molecule has 3 nitrogen and oxygen atoms in total. The van der Waals surface area contributed by atoms with E-state index in [-0.39, 0.29) is 5.57 Å². The Morgan fingerprint density at radius 1 is 1.05 bits per heavy atom. The molecule has 0 fully saturated rings. The first kappa shape index (κ1) is 18.4. The van der Waals surface area contributed by atoms with Gasteiger partial charge in [-0.15, -0.1) is 0 Å². The molecule has 122 valence electrons. The Morgan fingerprint density at radius 3 is 2.23 bits per heavy atom. The Hall–Kier alpha value is -1.61. The van der Waals surface area contributed by atoms with Crippen molar-refractivity contribution >= 4 is 5.97 Å². The zero-order valence-corrected chi connectivity index (χ0v) is 13.7. The topological polar surface area (TPSA) is 57.5 Å². The average molecular weight is 304 g/mol. The van der Waals surface area contributed by atoms with Gasteiger partial charge in [-0.1, -0.05) is 74.9 Å². The number of unbranched alkanes of at least 4 members (excludes halogenated alkanes) is 5. The zero-order chi connectivity index (χ0) is 16.4. The van der Waals surface area contributed by atoms with Crippen molar-refractivity contribution in [2.75, 3.05) is 0 Å². The van der Waals surface area contributed by atoms with Gasteiger partial charge in [0, 0.05) is 0 Å². The second-order valence-corrected chi connectivity index (χ2v) is 5.83. The molecule has 0 radical (unpaired) electrons. The maximum atomic E-state index is 11.5. The van der Waals surface area contributed by atoms with E-state index in [0.29, 0.717) is 5.56 Å². The van der Waals surface area contributed by atoms with Gasteiger partial charge in [0.05, 0.1) is 5.57 Å². The molecule has 2 N–H and O–H groups in total. The highest BCUT2D eigenvalue weighted by Crippen LogP contribution is 2.26. The van der Waals surface area contributed by atoms with Crippen molar-refractivity contribution in [2.45, 2.75) is 64.9 Å². The van der Waals surface area contributed by atoms with Gasteiger partial charge in [-0.2, -0.15) is 0 Å². The molecule has 1 aromatic carbocycles. The number of allylic oxidation sites excluding steroid dienone is 1. The third kappa shape index (κ3) is 6.02. The van der Waals surface area contributed by atoms with Crippen LogP contribution >= 0.6 is 0 Å². The second kappa shape index (κ2) is 10.2. The van der Waals surface area contributed by atoms with Crippen molar-refractivity contribution in [3.63, 3.8) is 0 Å². The van der Waals surface area contributed by atoms with Crippen LogP contribution in [0.1, 0.15) is 70.5 Å². The van der Waals surface area contributed by atoms with Crippen molar-refractivity contribution in [1.82, 2.24) is 0 Å².